The number of methoxy groups -OCH3 is 1. The first kappa shape index (κ1) is 21.0. The topological polar surface area (TPSA) is 93.9 Å². The summed E-state index contributed by atoms with van der Waals surface area (Å²) >= 11 is 0. The molecule has 1 aromatic rings. The van der Waals surface area contributed by atoms with Gasteiger partial charge in [-0.15, -0.1) is 0 Å². The fourth-order valence-electron chi connectivity index (χ4n) is 3.66. The van der Waals surface area contributed by atoms with Gasteiger partial charge in [-0.05, 0) is 49.4 Å². The molecule has 2 unspecified atom stereocenters. The van der Waals surface area contributed by atoms with Crippen molar-refractivity contribution in [2.24, 2.45) is 17.6 Å². The quantitative estimate of drug-likeness (QED) is 0.638. The Labute approximate surface area is 161 Å². The molecule has 1 saturated heterocycles. The van der Waals surface area contributed by atoms with E-state index >= 15 is 0 Å². The maximum atomic E-state index is 12.4. The van der Waals surface area contributed by atoms with Gasteiger partial charge in [-0.2, -0.15) is 0 Å². The summed E-state index contributed by atoms with van der Waals surface area (Å²) in [7, 11) is 1.48. The molecule has 2 rings (SSSR count). The molecule has 1 fully saturated rings. The molecule has 0 aliphatic carbocycles. The monoisotopic (exact) mass is 377 g/mol. The van der Waals surface area contributed by atoms with Crippen molar-refractivity contribution in [1.29, 1.82) is 0 Å². The minimum absolute atomic E-state index is 0.157. The highest BCUT2D eigenvalue weighted by atomic mass is 16.5. The maximum absolute atomic E-state index is 12.4. The molecule has 3 N–H and O–H groups in total. The zero-order valence-corrected chi connectivity index (χ0v) is 16.5. The predicted molar refractivity (Wildman–Crippen MR) is 104 cm³/mol. The Morgan fingerprint density at radius 2 is 1.93 bits per heavy atom. The zero-order chi connectivity index (χ0) is 19.8. The number of ether oxygens (including phenoxy) is 2. The number of nitrogens with one attached hydrogen (secondary N) is 1. The molecule has 2 atom stereocenters. The number of carbonyl (C=O) groups excluding carboxylic acids is 2. The normalized spacial score (nSPS) is 20.1. The smallest absolute Gasteiger partial charge is 0.255 e. The van der Waals surface area contributed by atoms with E-state index in [0.717, 1.165) is 37.9 Å². The van der Waals surface area contributed by atoms with E-state index in [1.807, 2.05) is 0 Å². The second kappa shape index (κ2) is 10.2. The fraction of sp³-hybridized carbons (Fsp3) is 0.600. The molecule has 0 bridgehead atoms. The molecule has 0 spiro atoms. The Kier molecular flexibility index (Phi) is 7.91. The van der Waals surface area contributed by atoms with Gasteiger partial charge in [0.2, 0.25) is 0 Å². The van der Waals surface area contributed by atoms with Crippen molar-refractivity contribution in [3.63, 3.8) is 0 Å². The second-order valence-electron chi connectivity index (χ2n) is 7.44. The summed E-state index contributed by atoms with van der Waals surface area (Å²) in [6.45, 7) is 8.27. The molecule has 150 valence electrons. The Hall–Kier alpha value is -2.28. The first-order valence-corrected chi connectivity index (χ1v) is 9.48. The zero-order valence-electron chi connectivity index (χ0n) is 16.5. The lowest BCUT2D eigenvalue weighted by Gasteiger charge is -2.34. The van der Waals surface area contributed by atoms with E-state index in [-0.39, 0.29) is 12.5 Å². The standard InChI is InChI=1S/C20H31N3O4/c1-14-9-15(2)12-23(11-14)8-4-7-22-20(25)16-5-6-17(18(10-16)26-3)27-13-19(21)24/h5-6,10,14-15H,4,7-9,11-13H2,1-3H3,(H2,21,24)(H,22,25). The third-order valence-electron chi connectivity index (χ3n) is 4.68. The van der Waals surface area contributed by atoms with Crippen LogP contribution in [0.5, 0.6) is 11.5 Å². The summed E-state index contributed by atoms with van der Waals surface area (Å²) in [6, 6.07) is 4.84. The highest BCUT2D eigenvalue weighted by Crippen LogP contribution is 2.28. The van der Waals surface area contributed by atoms with Gasteiger partial charge >= 0.3 is 0 Å². The Morgan fingerprint density at radius 3 is 2.56 bits per heavy atom. The summed E-state index contributed by atoms with van der Waals surface area (Å²) in [5.41, 5.74) is 5.56. The van der Waals surface area contributed by atoms with Crippen LogP contribution in [-0.2, 0) is 4.79 Å². The minimum Gasteiger partial charge on any atom is -0.493 e. The highest BCUT2D eigenvalue weighted by Gasteiger charge is 2.21. The van der Waals surface area contributed by atoms with Crippen molar-refractivity contribution in [2.75, 3.05) is 39.9 Å². The summed E-state index contributed by atoms with van der Waals surface area (Å²) in [5.74, 6) is 1.52. The third-order valence-corrected chi connectivity index (χ3v) is 4.68. The average Bonchev–Trinajstić information content (AvgIpc) is 2.62. The molecular formula is C20H31N3O4. The van der Waals surface area contributed by atoms with Crippen LogP contribution in [0.4, 0.5) is 0 Å². The summed E-state index contributed by atoms with van der Waals surface area (Å²) < 4.78 is 10.5. The molecule has 7 heteroatoms. The van der Waals surface area contributed by atoms with E-state index in [0.29, 0.717) is 23.6 Å². The predicted octanol–water partition coefficient (Wildman–Crippen LogP) is 1.66. The lowest BCUT2D eigenvalue weighted by molar-refractivity contribution is -0.119. The molecule has 1 aliphatic heterocycles. The van der Waals surface area contributed by atoms with Crippen LogP contribution >= 0.6 is 0 Å². The van der Waals surface area contributed by atoms with Gasteiger partial charge in [0.05, 0.1) is 7.11 Å². The Bertz CT molecular complexity index is 640. The Balaban J connectivity index is 1.80. The SMILES string of the molecule is COc1cc(C(=O)NCCCN2CC(C)CC(C)C2)ccc1OCC(N)=O. The van der Waals surface area contributed by atoms with Crippen LogP contribution < -0.4 is 20.5 Å². The number of carbonyl (C=O) groups is 2. The first-order valence-electron chi connectivity index (χ1n) is 9.48. The number of hydrogen-bond acceptors (Lipinski definition) is 5. The number of likely N-dealkylation sites (tertiary alicyclic amines) is 1. The molecule has 2 amide bonds. The largest absolute Gasteiger partial charge is 0.493 e. The van der Waals surface area contributed by atoms with E-state index in [4.69, 9.17) is 15.2 Å². The second-order valence-corrected chi connectivity index (χ2v) is 7.44. The highest BCUT2D eigenvalue weighted by molar-refractivity contribution is 5.94. The van der Waals surface area contributed by atoms with Gasteiger partial charge < -0.3 is 25.4 Å². The number of piperidine rings is 1. The number of rotatable bonds is 9. The maximum Gasteiger partial charge on any atom is 0.255 e. The van der Waals surface area contributed by atoms with Crippen molar-refractivity contribution in [3.8, 4) is 11.5 Å². The van der Waals surface area contributed by atoms with Crippen molar-refractivity contribution < 1.29 is 19.1 Å². The van der Waals surface area contributed by atoms with Crippen LogP contribution in [-0.4, -0.2) is 56.6 Å². The van der Waals surface area contributed by atoms with E-state index in [9.17, 15) is 9.59 Å². The van der Waals surface area contributed by atoms with Gasteiger partial charge in [-0.1, -0.05) is 13.8 Å². The Morgan fingerprint density at radius 1 is 1.22 bits per heavy atom. The number of hydrogen-bond donors (Lipinski definition) is 2. The fourth-order valence-corrected chi connectivity index (χ4v) is 3.66. The van der Waals surface area contributed by atoms with Crippen LogP contribution in [0.2, 0.25) is 0 Å². The van der Waals surface area contributed by atoms with Crippen LogP contribution in [0.25, 0.3) is 0 Å². The van der Waals surface area contributed by atoms with E-state index < -0.39 is 5.91 Å². The van der Waals surface area contributed by atoms with Crippen LogP contribution in [0, 0.1) is 11.8 Å². The van der Waals surface area contributed by atoms with Crippen molar-refractivity contribution in [3.05, 3.63) is 23.8 Å². The van der Waals surface area contributed by atoms with Gasteiger partial charge in [0.1, 0.15) is 0 Å². The molecule has 7 nitrogen and oxygen atoms in total. The number of nitrogens with zero attached hydrogens (tertiary/aromatic N) is 1. The van der Waals surface area contributed by atoms with Gasteiger partial charge in [0.25, 0.3) is 11.8 Å². The van der Waals surface area contributed by atoms with Crippen molar-refractivity contribution >= 4 is 11.8 Å². The molecular weight excluding hydrogens is 346 g/mol. The molecule has 1 aliphatic rings. The average molecular weight is 377 g/mol. The number of benzene rings is 1. The molecule has 0 aromatic heterocycles. The van der Waals surface area contributed by atoms with Crippen molar-refractivity contribution in [2.45, 2.75) is 26.7 Å². The van der Waals surface area contributed by atoms with Gasteiger partial charge in [0.15, 0.2) is 18.1 Å². The molecule has 27 heavy (non-hydrogen) atoms. The summed E-state index contributed by atoms with van der Waals surface area (Å²) in [4.78, 5) is 25.7. The molecule has 1 aromatic carbocycles. The van der Waals surface area contributed by atoms with Crippen LogP contribution in [0.3, 0.4) is 0 Å². The molecule has 1 heterocycles. The van der Waals surface area contributed by atoms with Gasteiger partial charge in [0, 0.05) is 25.2 Å². The van der Waals surface area contributed by atoms with Gasteiger partial charge in [-0.25, -0.2) is 0 Å². The van der Waals surface area contributed by atoms with Crippen LogP contribution in [0.1, 0.15) is 37.0 Å². The summed E-state index contributed by atoms with van der Waals surface area (Å²) in [6.07, 6.45) is 2.22. The van der Waals surface area contributed by atoms with E-state index in [1.165, 1.54) is 13.5 Å². The van der Waals surface area contributed by atoms with Crippen molar-refractivity contribution in [1.82, 2.24) is 10.2 Å². The van der Waals surface area contributed by atoms with E-state index in [1.54, 1.807) is 18.2 Å². The number of nitrogens with two attached hydrogens (primary N) is 1. The molecule has 0 saturated carbocycles. The number of amides is 2. The van der Waals surface area contributed by atoms with Gasteiger partial charge in [-0.3, -0.25) is 9.59 Å². The van der Waals surface area contributed by atoms with E-state index in [2.05, 4.69) is 24.1 Å². The third kappa shape index (κ3) is 6.75. The summed E-state index contributed by atoms with van der Waals surface area (Å²) in [5, 5.41) is 2.95. The number of primary amides is 1. The lowest BCUT2D eigenvalue weighted by Crippen LogP contribution is -2.40. The molecule has 0 radical (unpaired) electrons. The first-order chi connectivity index (χ1) is 12.9. The van der Waals surface area contributed by atoms with Crippen LogP contribution in [0.15, 0.2) is 18.2 Å². The lowest BCUT2D eigenvalue weighted by atomic mass is 9.92. The minimum atomic E-state index is -0.573.